The highest BCUT2D eigenvalue weighted by molar-refractivity contribution is 5.99. The lowest BCUT2D eigenvalue weighted by Crippen LogP contribution is -2.40. The molecule has 39 heavy (non-hydrogen) atoms. The van der Waals surface area contributed by atoms with E-state index in [0.29, 0.717) is 36.0 Å². The Morgan fingerprint density at radius 1 is 1.10 bits per heavy atom. The third kappa shape index (κ3) is 5.88. The summed E-state index contributed by atoms with van der Waals surface area (Å²) in [6.07, 6.45) is 0.840. The van der Waals surface area contributed by atoms with Gasteiger partial charge in [-0.05, 0) is 44.5 Å². The summed E-state index contributed by atoms with van der Waals surface area (Å²) in [5.41, 5.74) is 3.77. The second-order valence-electron chi connectivity index (χ2n) is 10.4. The molecule has 2 aromatic carbocycles. The highest BCUT2D eigenvalue weighted by atomic mass is 16.6. The number of benzene rings is 2. The summed E-state index contributed by atoms with van der Waals surface area (Å²) in [4.78, 5) is 33.2. The minimum Gasteiger partial charge on any atom is -0.444 e. The summed E-state index contributed by atoms with van der Waals surface area (Å²) in [7, 11) is 1.92. The molecule has 1 saturated heterocycles. The Morgan fingerprint density at radius 3 is 2.56 bits per heavy atom. The minimum absolute atomic E-state index is 0.442. The highest BCUT2D eigenvalue weighted by Gasteiger charge is 2.27. The number of anilines is 2. The molecule has 0 spiro atoms. The van der Waals surface area contributed by atoms with Gasteiger partial charge in [0.2, 0.25) is 0 Å². The molecule has 0 saturated carbocycles. The average Bonchev–Trinajstić information content (AvgIpc) is 3.50. The molecule has 1 aliphatic heterocycles. The van der Waals surface area contributed by atoms with Crippen LogP contribution in [0.4, 0.5) is 16.2 Å². The number of imidazole rings is 1. The van der Waals surface area contributed by atoms with Crippen molar-refractivity contribution in [2.75, 3.05) is 36.5 Å². The van der Waals surface area contributed by atoms with Crippen molar-refractivity contribution in [2.45, 2.75) is 32.4 Å². The lowest BCUT2D eigenvalue weighted by Gasteiger charge is -2.28. The summed E-state index contributed by atoms with van der Waals surface area (Å²) in [5, 5.41) is 12.7. The Kier molecular flexibility index (Phi) is 7.25. The third-order valence-electron chi connectivity index (χ3n) is 6.42. The zero-order chi connectivity index (χ0) is 27.6. The number of H-pyrrole nitrogens is 1. The number of rotatable bonds is 6. The van der Waals surface area contributed by atoms with Gasteiger partial charge in [-0.25, -0.2) is 9.78 Å². The molecule has 1 fully saturated rings. The number of nitrogens with zero attached hydrogens (tertiary/aromatic N) is 4. The monoisotopic (exact) mass is 531 g/mol. The van der Waals surface area contributed by atoms with E-state index in [1.165, 1.54) is 6.20 Å². The minimum atomic E-state index is -0.986. The number of fused-ring (bicyclic) bond motifs is 1. The number of carbonyl (C=O) groups is 2. The van der Waals surface area contributed by atoms with Gasteiger partial charge in [0.15, 0.2) is 5.82 Å². The molecule has 4 aromatic rings. The number of aromatic nitrogens is 4. The van der Waals surface area contributed by atoms with Gasteiger partial charge in [-0.2, -0.15) is 5.10 Å². The van der Waals surface area contributed by atoms with Crippen molar-refractivity contribution in [3.8, 4) is 11.5 Å². The average molecular weight is 532 g/mol. The molecule has 3 N–H and O–H groups in total. The SMILES string of the molecule is Cn1c(-c2[nH]ncc2NC(=O)C(NC(=O)OC(C)(C)C)c2ccccc2)nc2cc(N3CCOCC3)ccc21. The molecule has 1 aliphatic rings. The van der Waals surface area contributed by atoms with Crippen LogP contribution < -0.4 is 15.5 Å². The van der Waals surface area contributed by atoms with Crippen molar-refractivity contribution in [1.82, 2.24) is 25.1 Å². The van der Waals surface area contributed by atoms with Crippen molar-refractivity contribution in [1.29, 1.82) is 0 Å². The maximum Gasteiger partial charge on any atom is 0.408 e. The number of aryl methyl sites for hydroxylation is 1. The van der Waals surface area contributed by atoms with Gasteiger partial charge < -0.3 is 29.6 Å². The van der Waals surface area contributed by atoms with Crippen LogP contribution >= 0.6 is 0 Å². The Hall–Kier alpha value is -4.38. The first-order chi connectivity index (χ1) is 18.7. The Balaban J connectivity index is 1.41. The van der Waals surface area contributed by atoms with Crippen molar-refractivity contribution in [3.63, 3.8) is 0 Å². The Morgan fingerprint density at radius 2 is 1.85 bits per heavy atom. The van der Waals surface area contributed by atoms with Crippen LogP contribution in [0, 0.1) is 0 Å². The summed E-state index contributed by atoms with van der Waals surface area (Å²) >= 11 is 0. The van der Waals surface area contributed by atoms with Gasteiger partial charge in [0, 0.05) is 25.8 Å². The Labute approximate surface area is 226 Å². The molecule has 0 bridgehead atoms. The molecule has 1 unspecified atom stereocenters. The molecule has 3 heterocycles. The second-order valence-corrected chi connectivity index (χ2v) is 10.4. The van der Waals surface area contributed by atoms with Crippen molar-refractivity contribution < 1.29 is 19.1 Å². The Bertz CT molecular complexity index is 1470. The lowest BCUT2D eigenvalue weighted by molar-refractivity contribution is -0.118. The molecular formula is C28H33N7O4. The van der Waals surface area contributed by atoms with Crippen molar-refractivity contribution >= 4 is 34.4 Å². The molecule has 11 heteroatoms. The van der Waals surface area contributed by atoms with Gasteiger partial charge in [-0.15, -0.1) is 0 Å². The molecular weight excluding hydrogens is 498 g/mol. The van der Waals surface area contributed by atoms with Crippen LogP contribution in [-0.2, 0) is 21.3 Å². The molecule has 11 nitrogen and oxygen atoms in total. The molecule has 0 aliphatic carbocycles. The topological polar surface area (TPSA) is 126 Å². The first-order valence-corrected chi connectivity index (χ1v) is 12.9. The van der Waals surface area contributed by atoms with E-state index < -0.39 is 23.6 Å². The quantitative estimate of drug-likeness (QED) is 0.343. The zero-order valence-corrected chi connectivity index (χ0v) is 22.5. The maximum atomic E-state index is 13.5. The highest BCUT2D eigenvalue weighted by Crippen LogP contribution is 2.30. The number of aromatic amines is 1. The van der Waals surface area contributed by atoms with Gasteiger partial charge in [-0.3, -0.25) is 9.89 Å². The number of carbonyl (C=O) groups excluding carboxylic acids is 2. The fraction of sp³-hybridized carbons (Fsp3) is 0.357. The molecule has 2 amide bonds. The fourth-order valence-electron chi connectivity index (χ4n) is 4.56. The number of alkyl carbamates (subject to hydrolysis) is 1. The summed E-state index contributed by atoms with van der Waals surface area (Å²) in [6.45, 7) is 8.38. The largest absolute Gasteiger partial charge is 0.444 e. The normalized spacial score (nSPS) is 14.7. The molecule has 2 aromatic heterocycles. The summed E-state index contributed by atoms with van der Waals surface area (Å²) in [6, 6.07) is 14.2. The van der Waals surface area contributed by atoms with Crippen LogP contribution in [0.3, 0.4) is 0 Å². The van der Waals surface area contributed by atoms with Gasteiger partial charge in [-0.1, -0.05) is 30.3 Å². The predicted molar refractivity (Wildman–Crippen MR) is 149 cm³/mol. The van der Waals surface area contributed by atoms with E-state index in [9.17, 15) is 9.59 Å². The van der Waals surface area contributed by atoms with E-state index in [-0.39, 0.29) is 0 Å². The first kappa shape index (κ1) is 26.2. The van der Waals surface area contributed by atoms with E-state index >= 15 is 0 Å². The number of amides is 2. The summed E-state index contributed by atoms with van der Waals surface area (Å²) in [5.74, 6) is 0.177. The lowest BCUT2D eigenvalue weighted by atomic mass is 10.1. The van der Waals surface area contributed by atoms with Crippen LogP contribution in [0.2, 0.25) is 0 Å². The van der Waals surface area contributed by atoms with E-state index in [4.69, 9.17) is 14.5 Å². The zero-order valence-electron chi connectivity index (χ0n) is 22.5. The number of nitrogens with one attached hydrogen (secondary N) is 3. The van der Waals surface area contributed by atoms with Crippen LogP contribution in [0.25, 0.3) is 22.6 Å². The second kappa shape index (κ2) is 10.8. The van der Waals surface area contributed by atoms with Gasteiger partial charge in [0.25, 0.3) is 5.91 Å². The standard InChI is InChI=1S/C28H33N7O4/c1-28(2,3)39-27(37)32-23(18-8-6-5-7-9-18)26(36)31-21-17-29-33-24(21)25-30-20-16-19(10-11-22(20)34(25)4)35-12-14-38-15-13-35/h5-11,16-17,23H,12-15H2,1-4H3,(H,29,33)(H,31,36)(H,32,37). The smallest absolute Gasteiger partial charge is 0.408 e. The van der Waals surface area contributed by atoms with E-state index in [0.717, 1.165) is 29.8 Å². The van der Waals surface area contributed by atoms with Crippen molar-refractivity contribution in [3.05, 3.63) is 60.3 Å². The molecule has 1 atom stereocenters. The van der Waals surface area contributed by atoms with Gasteiger partial charge in [0.05, 0.1) is 36.1 Å². The van der Waals surface area contributed by atoms with Crippen LogP contribution in [0.1, 0.15) is 32.4 Å². The number of ether oxygens (including phenoxy) is 2. The van der Waals surface area contributed by atoms with E-state index in [2.05, 4.69) is 37.9 Å². The van der Waals surface area contributed by atoms with E-state index in [1.54, 1.807) is 45.0 Å². The predicted octanol–water partition coefficient (Wildman–Crippen LogP) is 4.00. The van der Waals surface area contributed by atoms with Crippen LogP contribution in [0.5, 0.6) is 0 Å². The number of hydrogen-bond acceptors (Lipinski definition) is 7. The van der Waals surface area contributed by atoms with Gasteiger partial charge in [0.1, 0.15) is 17.3 Å². The first-order valence-electron chi connectivity index (χ1n) is 12.9. The number of hydrogen-bond donors (Lipinski definition) is 3. The molecule has 204 valence electrons. The summed E-state index contributed by atoms with van der Waals surface area (Å²) < 4.78 is 12.8. The van der Waals surface area contributed by atoms with Crippen LogP contribution in [0.15, 0.2) is 54.7 Å². The number of morpholine rings is 1. The van der Waals surface area contributed by atoms with Crippen molar-refractivity contribution in [2.24, 2.45) is 7.05 Å². The molecule has 5 rings (SSSR count). The fourth-order valence-corrected chi connectivity index (χ4v) is 4.56. The maximum absolute atomic E-state index is 13.5. The van der Waals surface area contributed by atoms with Gasteiger partial charge >= 0.3 is 6.09 Å². The third-order valence-corrected chi connectivity index (χ3v) is 6.42. The molecule has 0 radical (unpaired) electrons. The van der Waals surface area contributed by atoms with Crippen LogP contribution in [-0.4, -0.2) is 63.7 Å². The van der Waals surface area contributed by atoms with E-state index in [1.807, 2.05) is 23.7 Å².